The number of rotatable bonds is 12. The van der Waals surface area contributed by atoms with Crippen LogP contribution >= 0.6 is 0 Å². The molecule has 2 aromatic carbocycles. The van der Waals surface area contributed by atoms with Crippen molar-refractivity contribution in [3.05, 3.63) is 47.0 Å². The lowest BCUT2D eigenvalue weighted by atomic mass is 9.69. The van der Waals surface area contributed by atoms with Gasteiger partial charge in [0.05, 0.1) is 39.4 Å². The molecule has 0 amide bonds. The molecule has 0 saturated carbocycles. The van der Waals surface area contributed by atoms with Crippen molar-refractivity contribution in [1.29, 1.82) is 5.26 Å². The number of hydrogen-bond acceptors (Lipinski definition) is 7. The smallest absolute Gasteiger partial charge is 0.203 e. The molecule has 0 spiro atoms. The number of likely N-dealkylation sites (N-methyl/N-ethyl adjacent to an activating group) is 1. The van der Waals surface area contributed by atoms with Crippen LogP contribution in [0.3, 0.4) is 0 Å². The predicted molar refractivity (Wildman–Crippen MR) is 135 cm³/mol. The van der Waals surface area contributed by atoms with Crippen LogP contribution in [0.15, 0.2) is 30.3 Å². The lowest BCUT2D eigenvalue weighted by Crippen LogP contribution is -2.32. The molecule has 7 heteroatoms. The largest absolute Gasteiger partial charge is 0.493 e. The summed E-state index contributed by atoms with van der Waals surface area (Å²) in [5, 5.41) is 10.4. The minimum absolute atomic E-state index is 0.112. The molecule has 3 rings (SSSR count). The Labute approximate surface area is 209 Å². The molecular weight excluding hydrogens is 444 g/mol. The summed E-state index contributed by atoms with van der Waals surface area (Å²) >= 11 is 0. The normalized spacial score (nSPS) is 14.6. The minimum Gasteiger partial charge on any atom is -0.493 e. The molecule has 0 aromatic heterocycles. The molecule has 0 aliphatic carbocycles. The van der Waals surface area contributed by atoms with Crippen molar-refractivity contribution in [3.63, 3.8) is 0 Å². The Morgan fingerprint density at radius 1 is 1.06 bits per heavy atom. The number of nitriles is 1. The van der Waals surface area contributed by atoms with E-state index in [1.54, 1.807) is 21.3 Å². The molecule has 0 bridgehead atoms. The first-order valence-corrected chi connectivity index (χ1v) is 12.1. The quantitative estimate of drug-likeness (QED) is 0.424. The highest BCUT2D eigenvalue weighted by Gasteiger charge is 2.37. The van der Waals surface area contributed by atoms with Crippen LogP contribution in [-0.2, 0) is 23.2 Å². The summed E-state index contributed by atoms with van der Waals surface area (Å²) in [5.74, 6) is 2.71. The second-order valence-corrected chi connectivity index (χ2v) is 9.36. The second-order valence-electron chi connectivity index (χ2n) is 9.36. The fraction of sp³-hybridized carbons (Fsp3) is 0.536. The van der Waals surface area contributed by atoms with Crippen molar-refractivity contribution in [2.24, 2.45) is 5.92 Å². The van der Waals surface area contributed by atoms with Gasteiger partial charge in [-0.2, -0.15) is 5.26 Å². The van der Waals surface area contributed by atoms with Gasteiger partial charge < -0.3 is 28.6 Å². The Morgan fingerprint density at radius 2 is 1.77 bits per heavy atom. The van der Waals surface area contributed by atoms with E-state index in [1.165, 1.54) is 5.56 Å². The van der Waals surface area contributed by atoms with Crippen LogP contribution in [-0.4, -0.2) is 53.2 Å². The zero-order chi connectivity index (χ0) is 25.4. The number of hydrogen-bond donors (Lipinski definition) is 0. The fourth-order valence-corrected chi connectivity index (χ4v) is 4.71. The monoisotopic (exact) mass is 482 g/mol. The highest BCUT2D eigenvalue weighted by molar-refractivity contribution is 5.56. The second kappa shape index (κ2) is 12.1. The van der Waals surface area contributed by atoms with Gasteiger partial charge in [0.15, 0.2) is 18.3 Å². The Bertz CT molecular complexity index is 1010. The molecule has 0 saturated heterocycles. The van der Waals surface area contributed by atoms with Gasteiger partial charge in [-0.3, -0.25) is 0 Å². The van der Waals surface area contributed by atoms with Gasteiger partial charge in [0.1, 0.15) is 5.75 Å². The molecule has 7 nitrogen and oxygen atoms in total. The molecule has 1 unspecified atom stereocenters. The van der Waals surface area contributed by atoms with Gasteiger partial charge in [0, 0.05) is 12.1 Å². The topological polar surface area (TPSA) is 73.2 Å². The van der Waals surface area contributed by atoms with Crippen LogP contribution in [0.25, 0.3) is 0 Å². The van der Waals surface area contributed by atoms with Crippen LogP contribution < -0.4 is 18.9 Å². The molecular formula is C28H38N2O5. The van der Waals surface area contributed by atoms with Crippen molar-refractivity contribution in [2.75, 3.05) is 48.3 Å². The summed E-state index contributed by atoms with van der Waals surface area (Å²) in [4.78, 5) is 2.32. The number of ether oxygens (including phenoxy) is 5. The molecule has 190 valence electrons. The number of methoxy groups -OCH3 is 3. The lowest BCUT2D eigenvalue weighted by Gasteiger charge is -2.33. The zero-order valence-electron chi connectivity index (χ0n) is 21.8. The van der Waals surface area contributed by atoms with Crippen molar-refractivity contribution in [3.8, 4) is 29.1 Å². The van der Waals surface area contributed by atoms with Crippen molar-refractivity contribution in [1.82, 2.24) is 4.90 Å². The Hall–Kier alpha value is -2.95. The van der Waals surface area contributed by atoms with E-state index in [0.717, 1.165) is 49.2 Å². The maximum absolute atomic E-state index is 10.4. The molecule has 0 fully saturated rings. The average Bonchev–Trinajstić information content (AvgIpc) is 2.88. The Kier molecular flexibility index (Phi) is 9.25. The molecule has 1 atom stereocenters. The van der Waals surface area contributed by atoms with Crippen LogP contribution in [0, 0.1) is 17.2 Å². The van der Waals surface area contributed by atoms with E-state index in [0.29, 0.717) is 30.6 Å². The highest BCUT2D eigenvalue weighted by atomic mass is 16.7. The first-order valence-electron chi connectivity index (χ1n) is 12.1. The van der Waals surface area contributed by atoms with Gasteiger partial charge in [-0.05, 0) is 74.2 Å². The van der Waals surface area contributed by atoms with E-state index in [2.05, 4.69) is 44.0 Å². The third kappa shape index (κ3) is 6.01. The van der Waals surface area contributed by atoms with Gasteiger partial charge in [-0.1, -0.05) is 19.9 Å². The Balaban J connectivity index is 1.66. The summed E-state index contributed by atoms with van der Waals surface area (Å²) in [5.41, 5.74) is 2.62. The molecule has 35 heavy (non-hydrogen) atoms. The summed E-state index contributed by atoms with van der Waals surface area (Å²) in [7, 11) is 6.92. The zero-order valence-corrected chi connectivity index (χ0v) is 21.8. The SMILES string of the molecule is COc1cc(C(C#N)(CCCN(C)CCc2ccc3c(c2)COCO3)C(C)C)cc(OC)c1OC. The maximum atomic E-state index is 10.4. The molecule has 0 N–H and O–H groups in total. The van der Waals surface area contributed by atoms with Crippen molar-refractivity contribution < 1.29 is 23.7 Å². The molecule has 2 aromatic rings. The van der Waals surface area contributed by atoms with E-state index >= 15 is 0 Å². The summed E-state index contributed by atoms with van der Waals surface area (Å²) < 4.78 is 27.5. The predicted octanol–water partition coefficient (Wildman–Crippen LogP) is 4.95. The molecule has 1 aliphatic heterocycles. The van der Waals surface area contributed by atoms with E-state index in [1.807, 2.05) is 18.2 Å². The average molecular weight is 483 g/mol. The first-order chi connectivity index (χ1) is 16.9. The summed E-state index contributed by atoms with van der Waals surface area (Å²) in [6, 6.07) is 12.8. The van der Waals surface area contributed by atoms with Crippen LogP contribution in [0.4, 0.5) is 0 Å². The van der Waals surface area contributed by atoms with E-state index in [4.69, 9.17) is 23.7 Å². The Morgan fingerprint density at radius 3 is 2.37 bits per heavy atom. The number of fused-ring (bicyclic) bond motifs is 1. The molecule has 1 aliphatic rings. The third-order valence-corrected chi connectivity index (χ3v) is 6.94. The number of benzene rings is 2. The van der Waals surface area contributed by atoms with Gasteiger partial charge in [-0.25, -0.2) is 0 Å². The van der Waals surface area contributed by atoms with Crippen molar-refractivity contribution >= 4 is 0 Å². The van der Waals surface area contributed by atoms with Crippen LogP contribution in [0.5, 0.6) is 23.0 Å². The first kappa shape index (κ1) is 26.7. The van der Waals surface area contributed by atoms with E-state index in [-0.39, 0.29) is 5.92 Å². The molecule has 0 radical (unpaired) electrons. The third-order valence-electron chi connectivity index (χ3n) is 6.94. The van der Waals surface area contributed by atoms with Gasteiger partial charge in [0.2, 0.25) is 5.75 Å². The van der Waals surface area contributed by atoms with Gasteiger partial charge in [-0.15, -0.1) is 0 Å². The standard InChI is InChI=1S/C28H38N2O5/c1-20(2)28(18-29,23-15-25(31-4)27(33-6)26(16-23)32-5)11-7-12-30(3)13-10-21-8-9-24-22(14-21)17-34-19-35-24/h8-9,14-16,20H,7,10-13,17,19H2,1-6H3. The minimum atomic E-state index is -0.661. The lowest BCUT2D eigenvalue weighted by molar-refractivity contribution is -0.0164. The van der Waals surface area contributed by atoms with Crippen LogP contribution in [0.2, 0.25) is 0 Å². The molecule has 1 heterocycles. The van der Waals surface area contributed by atoms with Gasteiger partial charge in [0.25, 0.3) is 0 Å². The van der Waals surface area contributed by atoms with Crippen molar-refractivity contribution in [2.45, 2.75) is 45.1 Å². The van der Waals surface area contributed by atoms with Crippen LogP contribution in [0.1, 0.15) is 43.4 Å². The van der Waals surface area contributed by atoms with E-state index in [9.17, 15) is 5.26 Å². The fourth-order valence-electron chi connectivity index (χ4n) is 4.71. The summed E-state index contributed by atoms with van der Waals surface area (Å²) in [6.45, 7) is 6.96. The maximum Gasteiger partial charge on any atom is 0.203 e. The van der Waals surface area contributed by atoms with Gasteiger partial charge >= 0.3 is 0 Å². The van der Waals surface area contributed by atoms with E-state index < -0.39 is 5.41 Å². The summed E-state index contributed by atoms with van der Waals surface area (Å²) in [6.07, 6.45) is 2.58. The number of nitrogens with zero attached hydrogens (tertiary/aromatic N) is 2. The highest BCUT2D eigenvalue weighted by Crippen LogP contribution is 2.45.